The Hall–Kier alpha value is -5.31. The van der Waals surface area contributed by atoms with Crippen LogP contribution in [0.2, 0.25) is 0 Å². The number of fused-ring (bicyclic) bond motifs is 6. The summed E-state index contributed by atoms with van der Waals surface area (Å²) >= 11 is 0. The summed E-state index contributed by atoms with van der Waals surface area (Å²) in [7, 11) is 0. The molecular formula is C40H39NO8. The second kappa shape index (κ2) is 11.7. The second-order valence-corrected chi connectivity index (χ2v) is 14.6. The lowest BCUT2D eigenvalue weighted by atomic mass is 9.70. The van der Waals surface area contributed by atoms with Gasteiger partial charge >= 0.3 is 12.1 Å². The third-order valence-corrected chi connectivity index (χ3v) is 9.33. The quantitative estimate of drug-likeness (QED) is 0.209. The van der Waals surface area contributed by atoms with Crippen LogP contribution in [0.25, 0.3) is 0 Å². The average molecular weight is 662 g/mol. The molecule has 6 rings (SSSR count). The van der Waals surface area contributed by atoms with Gasteiger partial charge in [0.2, 0.25) is 0 Å². The van der Waals surface area contributed by atoms with Crippen molar-refractivity contribution in [2.45, 2.75) is 79.4 Å². The molecule has 3 aromatic carbocycles. The van der Waals surface area contributed by atoms with Crippen LogP contribution in [0.15, 0.2) is 83.0 Å². The molecule has 2 aliphatic heterocycles. The summed E-state index contributed by atoms with van der Waals surface area (Å²) in [5.41, 5.74) is 2.02. The molecular weight excluding hydrogens is 622 g/mol. The molecule has 0 saturated carbocycles. The first-order chi connectivity index (χ1) is 22.9. The first-order valence-electron chi connectivity index (χ1n) is 16.2. The Labute approximate surface area is 285 Å². The van der Waals surface area contributed by atoms with Crippen molar-refractivity contribution in [1.29, 1.82) is 0 Å². The third-order valence-electron chi connectivity index (χ3n) is 9.33. The number of esters is 1. The van der Waals surface area contributed by atoms with Crippen molar-refractivity contribution in [3.63, 3.8) is 0 Å². The maximum absolute atomic E-state index is 13.6. The van der Waals surface area contributed by atoms with Gasteiger partial charge in [-0.15, -0.1) is 0 Å². The molecule has 252 valence electrons. The summed E-state index contributed by atoms with van der Waals surface area (Å²) < 4.78 is 18.1. The predicted octanol–water partition coefficient (Wildman–Crippen LogP) is 7.93. The SMILES string of the molecule is CC1=C(C)C(=O)C(C(C)(C)CC(=O)Cc2ccc3c(c2)Oc2cc(NC(=O)OC(C)(C)C)ccc2C32OC(=O)c3ccccc32)=C(C)C1=O. The van der Waals surface area contributed by atoms with E-state index in [1.165, 1.54) is 0 Å². The lowest BCUT2D eigenvalue weighted by Gasteiger charge is -2.37. The molecule has 1 unspecified atom stereocenters. The summed E-state index contributed by atoms with van der Waals surface area (Å²) in [6, 6.07) is 17.6. The minimum absolute atomic E-state index is 0.0405. The molecule has 9 heteroatoms. The summed E-state index contributed by atoms with van der Waals surface area (Å²) in [6.45, 7) is 13.9. The number of hydrogen-bond donors (Lipinski definition) is 1. The summed E-state index contributed by atoms with van der Waals surface area (Å²) in [5, 5.41) is 2.73. The van der Waals surface area contributed by atoms with Gasteiger partial charge in [0.1, 0.15) is 22.9 Å². The fraction of sp³-hybridized carbons (Fsp3) is 0.325. The summed E-state index contributed by atoms with van der Waals surface area (Å²) in [5.74, 6) is -0.234. The van der Waals surface area contributed by atoms with Gasteiger partial charge in [0, 0.05) is 69.0 Å². The standard InChI is InChI=1S/C40H39NO8/c1-21-22(2)35(44)33(23(3)34(21)43)39(7,8)20-26(42)17-24-13-15-29-31(18-24)47-32-19-25(41-37(46)49-38(4,5)6)14-16-30(32)40(29)28-12-10-9-11-27(28)36(45)48-40/h9-16,18-19H,17,20H2,1-8H3,(H,41,46). The van der Waals surface area contributed by atoms with E-state index in [1.54, 1.807) is 84.0 Å². The van der Waals surface area contributed by atoms with Crippen molar-refractivity contribution < 1.29 is 38.2 Å². The van der Waals surface area contributed by atoms with Crippen molar-refractivity contribution in [3.8, 4) is 11.5 Å². The van der Waals surface area contributed by atoms with E-state index >= 15 is 0 Å². The minimum atomic E-state index is -1.33. The molecule has 0 saturated heterocycles. The average Bonchev–Trinajstić information content (AvgIpc) is 3.30. The van der Waals surface area contributed by atoms with Gasteiger partial charge in [0.25, 0.3) is 0 Å². The maximum atomic E-state index is 13.6. The van der Waals surface area contributed by atoms with Crippen molar-refractivity contribution in [2.24, 2.45) is 5.41 Å². The number of rotatable bonds is 6. The fourth-order valence-corrected chi connectivity index (χ4v) is 7.11. The van der Waals surface area contributed by atoms with Crippen LogP contribution in [-0.4, -0.2) is 35.0 Å². The molecule has 0 aromatic heterocycles. The van der Waals surface area contributed by atoms with E-state index in [-0.39, 0.29) is 30.2 Å². The van der Waals surface area contributed by atoms with Crippen LogP contribution in [0.1, 0.15) is 94.4 Å². The number of allylic oxidation sites excluding steroid dienone is 4. The molecule has 1 N–H and O–H groups in total. The fourth-order valence-electron chi connectivity index (χ4n) is 7.11. The molecule has 3 aromatic rings. The number of benzene rings is 3. The molecule has 2 heterocycles. The molecule has 0 fully saturated rings. The highest BCUT2D eigenvalue weighted by Gasteiger charge is 2.53. The van der Waals surface area contributed by atoms with Gasteiger partial charge in [-0.25, -0.2) is 9.59 Å². The minimum Gasteiger partial charge on any atom is -0.456 e. The third kappa shape index (κ3) is 5.77. The number of anilines is 1. The highest BCUT2D eigenvalue weighted by molar-refractivity contribution is 6.25. The first-order valence-corrected chi connectivity index (χ1v) is 16.2. The topological polar surface area (TPSA) is 125 Å². The lowest BCUT2D eigenvalue weighted by Crippen LogP contribution is -2.33. The number of hydrogen-bond acceptors (Lipinski definition) is 8. The Kier molecular flexibility index (Phi) is 8.01. The van der Waals surface area contributed by atoms with Gasteiger partial charge in [-0.1, -0.05) is 44.2 Å². The summed E-state index contributed by atoms with van der Waals surface area (Å²) in [6.07, 6.45) is -0.550. The first kappa shape index (κ1) is 33.6. The molecule has 0 bridgehead atoms. The molecule has 3 aliphatic rings. The molecule has 1 aliphatic carbocycles. The number of amides is 1. The van der Waals surface area contributed by atoms with Crippen LogP contribution in [0.3, 0.4) is 0 Å². The smallest absolute Gasteiger partial charge is 0.412 e. The Morgan fingerprint density at radius 2 is 1.41 bits per heavy atom. The van der Waals surface area contributed by atoms with E-state index < -0.39 is 28.7 Å². The van der Waals surface area contributed by atoms with E-state index in [1.807, 2.05) is 32.0 Å². The number of carbonyl (C=O) groups is 5. The molecule has 49 heavy (non-hydrogen) atoms. The Morgan fingerprint density at radius 1 is 0.776 bits per heavy atom. The summed E-state index contributed by atoms with van der Waals surface area (Å²) in [4.78, 5) is 65.5. The van der Waals surface area contributed by atoms with Crippen molar-refractivity contribution in [1.82, 2.24) is 0 Å². The maximum Gasteiger partial charge on any atom is 0.412 e. The molecule has 0 radical (unpaired) electrons. The van der Waals surface area contributed by atoms with Gasteiger partial charge in [-0.3, -0.25) is 19.7 Å². The lowest BCUT2D eigenvalue weighted by molar-refractivity contribution is -0.121. The molecule has 1 spiro atoms. The number of Topliss-reactive ketones (excluding diaryl/α,β-unsaturated/α-hetero) is 3. The van der Waals surface area contributed by atoms with Crippen LogP contribution >= 0.6 is 0 Å². The Bertz CT molecular complexity index is 2060. The number of carbonyl (C=O) groups excluding carboxylic acids is 5. The normalized spacial score (nSPS) is 18.5. The number of nitrogens with one attached hydrogen (secondary N) is 1. The molecule has 1 amide bonds. The largest absolute Gasteiger partial charge is 0.456 e. The van der Waals surface area contributed by atoms with Crippen LogP contribution in [0.5, 0.6) is 11.5 Å². The molecule has 1 atom stereocenters. The van der Waals surface area contributed by atoms with E-state index in [9.17, 15) is 24.0 Å². The molecule has 9 nitrogen and oxygen atoms in total. The van der Waals surface area contributed by atoms with E-state index in [0.717, 1.165) is 0 Å². The predicted molar refractivity (Wildman–Crippen MR) is 183 cm³/mol. The second-order valence-electron chi connectivity index (χ2n) is 14.6. The Morgan fingerprint density at radius 3 is 2.10 bits per heavy atom. The van der Waals surface area contributed by atoms with E-state index in [2.05, 4.69) is 5.32 Å². The zero-order chi connectivity index (χ0) is 35.6. The number of ketones is 3. The van der Waals surface area contributed by atoms with Crippen molar-refractivity contribution in [3.05, 3.63) is 111 Å². The van der Waals surface area contributed by atoms with Gasteiger partial charge in [-0.05, 0) is 71.4 Å². The zero-order valence-corrected chi connectivity index (χ0v) is 29.0. The van der Waals surface area contributed by atoms with E-state index in [4.69, 9.17) is 14.2 Å². The van der Waals surface area contributed by atoms with Crippen LogP contribution in [0.4, 0.5) is 10.5 Å². The zero-order valence-electron chi connectivity index (χ0n) is 29.0. The van der Waals surface area contributed by atoms with Crippen LogP contribution < -0.4 is 10.1 Å². The van der Waals surface area contributed by atoms with Crippen LogP contribution in [0, 0.1) is 5.41 Å². The van der Waals surface area contributed by atoms with Crippen molar-refractivity contribution in [2.75, 3.05) is 5.32 Å². The monoisotopic (exact) mass is 661 g/mol. The van der Waals surface area contributed by atoms with E-state index in [0.29, 0.717) is 67.3 Å². The number of ether oxygens (including phenoxy) is 3. The highest BCUT2D eigenvalue weighted by Crippen LogP contribution is 2.56. The van der Waals surface area contributed by atoms with Gasteiger partial charge in [0.05, 0.1) is 5.56 Å². The Balaban J connectivity index is 1.34. The van der Waals surface area contributed by atoms with Crippen LogP contribution in [-0.2, 0) is 35.9 Å². The highest BCUT2D eigenvalue weighted by atomic mass is 16.6. The van der Waals surface area contributed by atoms with Gasteiger partial charge in [-0.2, -0.15) is 0 Å². The van der Waals surface area contributed by atoms with Gasteiger partial charge in [0.15, 0.2) is 17.2 Å². The van der Waals surface area contributed by atoms with Crippen molar-refractivity contribution >= 4 is 35.1 Å². The van der Waals surface area contributed by atoms with Gasteiger partial charge < -0.3 is 14.2 Å².